The molecular formula is C20H26FN5O4S. The first kappa shape index (κ1) is 24.2. The van der Waals surface area contributed by atoms with E-state index < -0.39 is 32.7 Å². The maximum atomic E-state index is 14.1. The number of nitrogens with one attached hydrogen (secondary N) is 2. The summed E-state index contributed by atoms with van der Waals surface area (Å²) in [6, 6.07) is 2.63. The lowest BCUT2D eigenvalue weighted by molar-refractivity contribution is 0.0820. The Hall–Kier alpha value is -3.08. The zero-order valence-corrected chi connectivity index (χ0v) is 19.0. The lowest BCUT2D eigenvalue weighted by atomic mass is 9.92. The molecular weight excluding hydrogens is 425 g/mol. The van der Waals surface area contributed by atoms with Crippen molar-refractivity contribution in [3.8, 4) is 0 Å². The highest BCUT2D eigenvalue weighted by Gasteiger charge is 2.23. The molecule has 2 N–H and O–H groups in total. The molecule has 1 aromatic carbocycles. The lowest BCUT2D eigenvalue weighted by Gasteiger charge is -2.20. The van der Waals surface area contributed by atoms with E-state index in [2.05, 4.69) is 15.5 Å². The maximum Gasteiger partial charge on any atom is 0.333 e. The Bertz CT molecular complexity index is 1070. The molecule has 0 atom stereocenters. The summed E-state index contributed by atoms with van der Waals surface area (Å²) in [7, 11) is -1.38. The van der Waals surface area contributed by atoms with Crippen molar-refractivity contribution in [1.29, 1.82) is 0 Å². The molecule has 1 heterocycles. The number of rotatable bonds is 6. The first-order valence-electron chi connectivity index (χ1n) is 9.55. The van der Waals surface area contributed by atoms with Crippen LogP contribution in [0.3, 0.4) is 0 Å². The summed E-state index contributed by atoms with van der Waals surface area (Å²) < 4.78 is 41.2. The van der Waals surface area contributed by atoms with Gasteiger partial charge in [0.05, 0.1) is 6.20 Å². The number of anilines is 1. The van der Waals surface area contributed by atoms with Gasteiger partial charge in [-0.05, 0) is 41.2 Å². The molecule has 0 aliphatic heterocycles. The van der Waals surface area contributed by atoms with Crippen LogP contribution in [-0.2, 0) is 10.0 Å². The van der Waals surface area contributed by atoms with Crippen LogP contribution in [0, 0.1) is 5.82 Å². The summed E-state index contributed by atoms with van der Waals surface area (Å²) in [5.74, 6) is -1.22. The Labute approximate surface area is 181 Å². The summed E-state index contributed by atoms with van der Waals surface area (Å²) in [5, 5.41) is 9.71. The van der Waals surface area contributed by atoms with Crippen LogP contribution in [-0.4, -0.2) is 49.5 Å². The fraction of sp³-hybridized carbons (Fsp3) is 0.400. The molecule has 0 bridgehead atoms. The van der Waals surface area contributed by atoms with Crippen molar-refractivity contribution >= 4 is 27.6 Å². The normalized spacial score (nSPS) is 11.5. The molecule has 0 spiro atoms. The van der Waals surface area contributed by atoms with Gasteiger partial charge in [-0.25, -0.2) is 22.3 Å². The number of urea groups is 1. The molecule has 0 aliphatic carbocycles. The van der Waals surface area contributed by atoms with Crippen LogP contribution in [0.4, 0.5) is 14.9 Å². The van der Waals surface area contributed by atoms with Crippen molar-refractivity contribution in [2.24, 2.45) is 0 Å². The Morgan fingerprint density at radius 2 is 1.58 bits per heavy atom. The van der Waals surface area contributed by atoms with E-state index in [1.54, 1.807) is 0 Å². The predicted octanol–water partition coefficient (Wildman–Crippen LogP) is 3.07. The van der Waals surface area contributed by atoms with Crippen LogP contribution in [0.15, 0.2) is 29.3 Å². The van der Waals surface area contributed by atoms with Crippen LogP contribution in [0.1, 0.15) is 61.1 Å². The first-order chi connectivity index (χ1) is 14.3. The van der Waals surface area contributed by atoms with Gasteiger partial charge in [-0.15, -0.1) is 5.10 Å². The SMILES string of the molecule is CC(C)c1cc(F)cc(C(C)C)c1NC(=O)NS(=O)(=O)c1cnnc(C(=O)N(C)C)c1. The van der Waals surface area contributed by atoms with Crippen molar-refractivity contribution in [2.75, 3.05) is 19.4 Å². The average molecular weight is 452 g/mol. The molecule has 0 radical (unpaired) electrons. The highest BCUT2D eigenvalue weighted by molar-refractivity contribution is 7.90. The predicted molar refractivity (Wildman–Crippen MR) is 114 cm³/mol. The molecule has 3 amide bonds. The van der Waals surface area contributed by atoms with Crippen LogP contribution in [0.2, 0.25) is 0 Å². The largest absolute Gasteiger partial charge is 0.343 e. The second-order valence-corrected chi connectivity index (χ2v) is 9.49. The third-order valence-corrected chi connectivity index (χ3v) is 5.74. The fourth-order valence-corrected chi connectivity index (χ4v) is 3.72. The van der Waals surface area contributed by atoms with Gasteiger partial charge < -0.3 is 10.2 Å². The topological polar surface area (TPSA) is 121 Å². The molecule has 9 nitrogen and oxygen atoms in total. The molecule has 168 valence electrons. The number of carbonyl (C=O) groups is 2. The third kappa shape index (κ3) is 5.75. The van der Waals surface area contributed by atoms with Crippen LogP contribution in [0.5, 0.6) is 0 Å². The van der Waals surface area contributed by atoms with Gasteiger partial charge in [-0.1, -0.05) is 27.7 Å². The van der Waals surface area contributed by atoms with E-state index in [1.807, 2.05) is 32.4 Å². The molecule has 0 fully saturated rings. The van der Waals surface area contributed by atoms with Crippen molar-refractivity contribution in [3.05, 3.63) is 47.0 Å². The van der Waals surface area contributed by atoms with Gasteiger partial charge in [-0.2, -0.15) is 5.10 Å². The third-order valence-electron chi connectivity index (χ3n) is 4.44. The second-order valence-electron chi connectivity index (χ2n) is 7.80. The van der Waals surface area contributed by atoms with E-state index in [-0.39, 0.29) is 17.5 Å². The number of carbonyl (C=O) groups excluding carboxylic acids is 2. The minimum atomic E-state index is -4.35. The summed E-state index contributed by atoms with van der Waals surface area (Å²) in [4.78, 5) is 25.4. The van der Waals surface area contributed by atoms with E-state index in [9.17, 15) is 22.4 Å². The maximum absolute atomic E-state index is 14.1. The molecule has 1 aromatic heterocycles. The summed E-state index contributed by atoms with van der Waals surface area (Å²) >= 11 is 0. The van der Waals surface area contributed by atoms with Gasteiger partial charge in [0.25, 0.3) is 15.9 Å². The minimum Gasteiger partial charge on any atom is -0.343 e. The van der Waals surface area contributed by atoms with Gasteiger partial charge in [0.2, 0.25) is 0 Å². The van der Waals surface area contributed by atoms with Crippen molar-refractivity contribution < 1.29 is 22.4 Å². The van der Waals surface area contributed by atoms with Crippen molar-refractivity contribution in [2.45, 2.75) is 44.4 Å². The molecule has 2 rings (SSSR count). The molecule has 0 aliphatic rings. The van der Waals surface area contributed by atoms with Crippen LogP contribution in [0.25, 0.3) is 0 Å². The fourth-order valence-electron chi connectivity index (χ4n) is 2.85. The molecule has 0 saturated heterocycles. The summed E-state index contributed by atoms with van der Waals surface area (Å²) in [6.45, 7) is 7.35. The molecule has 0 saturated carbocycles. The Morgan fingerprint density at radius 3 is 2.06 bits per heavy atom. The summed E-state index contributed by atoms with van der Waals surface area (Å²) in [5.41, 5.74) is 1.26. The average Bonchev–Trinajstić information content (AvgIpc) is 2.67. The van der Waals surface area contributed by atoms with Gasteiger partial charge >= 0.3 is 6.03 Å². The van der Waals surface area contributed by atoms with Crippen LogP contribution < -0.4 is 10.0 Å². The molecule has 11 heteroatoms. The molecule has 2 aromatic rings. The summed E-state index contributed by atoms with van der Waals surface area (Å²) in [6.07, 6.45) is 0.930. The van der Waals surface area contributed by atoms with Crippen molar-refractivity contribution in [3.63, 3.8) is 0 Å². The Kier molecular flexibility index (Phi) is 7.32. The lowest BCUT2D eigenvalue weighted by Crippen LogP contribution is -2.35. The number of halogens is 1. The van der Waals surface area contributed by atoms with Gasteiger partial charge in [0.15, 0.2) is 5.69 Å². The van der Waals surface area contributed by atoms with Crippen molar-refractivity contribution in [1.82, 2.24) is 19.8 Å². The van der Waals surface area contributed by atoms with E-state index in [0.717, 1.165) is 12.3 Å². The second kappa shape index (κ2) is 9.38. The number of benzene rings is 1. The highest BCUT2D eigenvalue weighted by Crippen LogP contribution is 2.33. The highest BCUT2D eigenvalue weighted by atomic mass is 32.2. The smallest absolute Gasteiger partial charge is 0.333 e. The Balaban J connectivity index is 2.35. The molecule has 0 unspecified atom stereocenters. The van der Waals surface area contributed by atoms with E-state index in [0.29, 0.717) is 16.8 Å². The first-order valence-corrected chi connectivity index (χ1v) is 11.0. The number of hydrogen-bond donors (Lipinski definition) is 2. The number of amides is 3. The van der Waals surface area contributed by atoms with E-state index >= 15 is 0 Å². The zero-order valence-electron chi connectivity index (χ0n) is 18.2. The minimum absolute atomic E-state index is 0.121. The van der Waals surface area contributed by atoms with E-state index in [4.69, 9.17) is 0 Å². The number of nitrogens with zero attached hydrogens (tertiary/aromatic N) is 3. The van der Waals surface area contributed by atoms with Gasteiger partial charge in [-0.3, -0.25) is 4.79 Å². The van der Waals surface area contributed by atoms with E-state index in [1.165, 1.54) is 31.1 Å². The quantitative estimate of drug-likeness (QED) is 0.696. The zero-order chi connectivity index (χ0) is 23.5. The number of hydrogen-bond acceptors (Lipinski definition) is 6. The Morgan fingerprint density at radius 1 is 1.03 bits per heavy atom. The standard InChI is InChI=1S/C20H26FN5O4S/c1-11(2)15-7-13(21)8-16(12(3)4)18(15)23-20(28)25-31(29,30)14-9-17(24-22-10-14)19(27)26(5)6/h7-12H,1-6H3,(H2,23,25,28). The van der Waals surface area contributed by atoms with Gasteiger partial charge in [0, 0.05) is 19.8 Å². The number of aromatic nitrogens is 2. The molecule has 31 heavy (non-hydrogen) atoms. The van der Waals surface area contributed by atoms with Crippen LogP contribution >= 0.6 is 0 Å². The monoisotopic (exact) mass is 451 g/mol. The number of sulfonamides is 1. The van der Waals surface area contributed by atoms with Gasteiger partial charge in [0.1, 0.15) is 10.7 Å².